The highest BCUT2D eigenvalue weighted by molar-refractivity contribution is 7.22. The number of hydrogen-bond acceptors (Lipinski definition) is 8. The Morgan fingerprint density at radius 2 is 1.92 bits per heavy atom. The third-order valence-electron chi connectivity index (χ3n) is 5.63. The van der Waals surface area contributed by atoms with Crippen molar-refractivity contribution >= 4 is 44.3 Å². The molecule has 0 atom stereocenters. The number of fused-ring (bicyclic) bond motifs is 1. The summed E-state index contributed by atoms with van der Waals surface area (Å²) in [7, 11) is 3.30. The lowest BCUT2D eigenvalue weighted by Crippen LogP contribution is -2.14. The summed E-state index contributed by atoms with van der Waals surface area (Å²) >= 11 is 7.37. The van der Waals surface area contributed by atoms with Crippen molar-refractivity contribution in [2.75, 3.05) is 12.4 Å². The molecule has 36 heavy (non-hydrogen) atoms. The van der Waals surface area contributed by atoms with Crippen LogP contribution in [0.25, 0.3) is 32.7 Å². The van der Waals surface area contributed by atoms with Gasteiger partial charge >= 0.3 is 0 Å². The molecule has 0 aromatic carbocycles. The molecule has 10 nitrogen and oxygen atoms in total. The first kappa shape index (κ1) is 23.6. The minimum Gasteiger partial charge on any atom is -0.494 e. The van der Waals surface area contributed by atoms with Crippen LogP contribution in [0.1, 0.15) is 21.6 Å². The highest BCUT2D eigenvalue weighted by Gasteiger charge is 2.20. The molecule has 5 rings (SSSR count). The molecule has 2 N–H and O–H groups in total. The number of aromatic amines is 1. The van der Waals surface area contributed by atoms with Gasteiger partial charge in [0, 0.05) is 30.1 Å². The van der Waals surface area contributed by atoms with Crippen LogP contribution in [0.4, 0.5) is 5.13 Å². The zero-order chi connectivity index (χ0) is 25.6. The zero-order valence-corrected chi connectivity index (χ0v) is 21.3. The first-order chi connectivity index (χ1) is 17.2. The van der Waals surface area contributed by atoms with Crippen LogP contribution in [0.15, 0.2) is 41.6 Å². The number of nitrogens with one attached hydrogen (secondary N) is 2. The molecule has 0 aliphatic rings. The van der Waals surface area contributed by atoms with Gasteiger partial charge in [0.25, 0.3) is 11.5 Å². The molecular weight excluding hydrogens is 502 g/mol. The Hall–Kier alpha value is -4.09. The van der Waals surface area contributed by atoms with Crippen molar-refractivity contribution in [3.8, 4) is 28.1 Å². The second kappa shape index (κ2) is 9.17. The summed E-state index contributed by atoms with van der Waals surface area (Å²) < 4.78 is 7.80. The van der Waals surface area contributed by atoms with Crippen LogP contribution in [-0.4, -0.2) is 42.7 Å². The molecule has 1 amide bonds. The van der Waals surface area contributed by atoms with Crippen molar-refractivity contribution in [1.82, 2.24) is 29.7 Å². The number of amides is 1. The van der Waals surface area contributed by atoms with Crippen molar-refractivity contribution < 1.29 is 9.53 Å². The number of H-pyrrole nitrogens is 1. The van der Waals surface area contributed by atoms with E-state index in [0.717, 1.165) is 11.3 Å². The van der Waals surface area contributed by atoms with Crippen molar-refractivity contribution in [2.24, 2.45) is 7.05 Å². The first-order valence-electron chi connectivity index (χ1n) is 10.8. The molecule has 0 unspecified atom stereocenters. The number of ether oxygens (including phenoxy) is 1. The lowest BCUT2D eigenvalue weighted by Gasteiger charge is -2.13. The van der Waals surface area contributed by atoms with Gasteiger partial charge in [-0.15, -0.1) is 0 Å². The van der Waals surface area contributed by atoms with Gasteiger partial charge in [0.05, 0.1) is 41.0 Å². The van der Waals surface area contributed by atoms with Crippen molar-refractivity contribution in [2.45, 2.75) is 13.8 Å². The number of aryl methyl sites for hydroxylation is 3. The molecule has 12 heteroatoms. The van der Waals surface area contributed by atoms with E-state index in [0.29, 0.717) is 49.2 Å². The molecule has 0 fully saturated rings. The number of pyridine rings is 3. The molecule has 0 spiro atoms. The van der Waals surface area contributed by atoms with Gasteiger partial charge in [0.2, 0.25) is 0 Å². The number of anilines is 1. The summed E-state index contributed by atoms with van der Waals surface area (Å²) in [6.45, 7) is 3.72. The Labute approximate surface area is 214 Å². The maximum Gasteiger partial charge on any atom is 0.259 e. The number of methoxy groups -OCH3 is 1. The average molecular weight is 522 g/mol. The molecule has 0 aliphatic heterocycles. The molecule has 5 aromatic heterocycles. The SMILES string of the molecule is COc1cnc(Cl)cc1-c1cc(C)ncc1C(=O)Nc1nc2[nH]c(=O)c(-c3c(C)cnn3C)cc2s1. The zero-order valence-electron chi connectivity index (χ0n) is 19.7. The lowest BCUT2D eigenvalue weighted by molar-refractivity contribution is 0.102. The van der Waals surface area contributed by atoms with Crippen molar-refractivity contribution in [1.29, 1.82) is 0 Å². The number of hydrogen-bond donors (Lipinski definition) is 2. The monoisotopic (exact) mass is 521 g/mol. The van der Waals surface area contributed by atoms with Gasteiger partial charge in [-0.3, -0.25) is 24.6 Å². The molecule has 182 valence electrons. The Morgan fingerprint density at radius 3 is 2.64 bits per heavy atom. The normalized spacial score (nSPS) is 11.1. The second-order valence-electron chi connectivity index (χ2n) is 8.08. The smallest absolute Gasteiger partial charge is 0.259 e. The molecule has 5 heterocycles. The number of halogens is 1. The van der Waals surface area contributed by atoms with Crippen LogP contribution in [0.5, 0.6) is 5.75 Å². The predicted octanol–water partition coefficient (Wildman–Crippen LogP) is 4.37. The van der Waals surface area contributed by atoms with Gasteiger partial charge in [-0.25, -0.2) is 9.97 Å². The fourth-order valence-electron chi connectivity index (χ4n) is 3.97. The average Bonchev–Trinajstić information content (AvgIpc) is 3.39. The minimum atomic E-state index is -0.420. The quantitative estimate of drug-likeness (QED) is 0.328. The Morgan fingerprint density at radius 1 is 1.11 bits per heavy atom. The topological polar surface area (TPSA) is 128 Å². The Kier molecular flexibility index (Phi) is 6.02. The standard InChI is InChI=1S/C24H20ClN7O3S/c1-11-8-28-32(3)20(11)15-6-18-21(29-22(15)33)30-24(36-18)31-23(34)16-9-26-12(2)5-13(16)14-7-19(25)27-10-17(14)35-4/h5-10H,1-4H3,(H2,29,30,31,33,34). The van der Waals surface area contributed by atoms with Gasteiger partial charge < -0.3 is 9.72 Å². The summed E-state index contributed by atoms with van der Waals surface area (Å²) in [5.41, 5.74) is 4.39. The summed E-state index contributed by atoms with van der Waals surface area (Å²) in [5, 5.41) is 7.64. The Bertz CT molecular complexity index is 1690. The molecule has 0 saturated heterocycles. The third-order valence-corrected chi connectivity index (χ3v) is 6.76. The van der Waals surface area contributed by atoms with Crippen molar-refractivity contribution in [3.63, 3.8) is 0 Å². The van der Waals surface area contributed by atoms with E-state index in [4.69, 9.17) is 16.3 Å². The fourth-order valence-corrected chi connectivity index (χ4v) is 4.99. The second-order valence-corrected chi connectivity index (χ2v) is 9.49. The Balaban J connectivity index is 1.53. The van der Waals surface area contributed by atoms with E-state index in [1.165, 1.54) is 30.8 Å². The predicted molar refractivity (Wildman–Crippen MR) is 139 cm³/mol. The number of nitrogens with zero attached hydrogens (tertiary/aromatic N) is 5. The van der Waals surface area contributed by atoms with Gasteiger partial charge in [-0.1, -0.05) is 22.9 Å². The van der Waals surface area contributed by atoms with Crippen LogP contribution in [-0.2, 0) is 7.05 Å². The largest absolute Gasteiger partial charge is 0.494 e. The van der Waals surface area contributed by atoms with Crippen LogP contribution in [0, 0.1) is 13.8 Å². The number of thiazole rings is 1. The van der Waals surface area contributed by atoms with E-state index < -0.39 is 5.91 Å². The molecule has 0 aliphatic carbocycles. The highest BCUT2D eigenvalue weighted by Crippen LogP contribution is 2.35. The summed E-state index contributed by atoms with van der Waals surface area (Å²) in [4.78, 5) is 41.6. The summed E-state index contributed by atoms with van der Waals surface area (Å²) in [6.07, 6.45) is 4.70. The van der Waals surface area contributed by atoms with E-state index in [9.17, 15) is 9.59 Å². The van der Waals surface area contributed by atoms with E-state index in [1.807, 2.05) is 13.8 Å². The van der Waals surface area contributed by atoms with Crippen LogP contribution < -0.4 is 15.6 Å². The summed E-state index contributed by atoms with van der Waals surface area (Å²) in [6, 6.07) is 5.17. The van der Waals surface area contributed by atoms with E-state index in [2.05, 4.69) is 30.4 Å². The van der Waals surface area contributed by atoms with Crippen LogP contribution >= 0.6 is 22.9 Å². The van der Waals surface area contributed by atoms with Gasteiger partial charge in [0.15, 0.2) is 10.8 Å². The van der Waals surface area contributed by atoms with E-state index in [-0.39, 0.29) is 10.7 Å². The molecule has 0 saturated carbocycles. The van der Waals surface area contributed by atoms with Crippen molar-refractivity contribution in [3.05, 3.63) is 69.1 Å². The number of carbonyl (C=O) groups is 1. The van der Waals surface area contributed by atoms with E-state index in [1.54, 1.807) is 36.1 Å². The number of rotatable bonds is 5. The maximum absolute atomic E-state index is 13.3. The number of aromatic nitrogens is 6. The maximum atomic E-state index is 13.3. The van der Waals surface area contributed by atoms with Gasteiger partial charge in [-0.2, -0.15) is 5.10 Å². The fraction of sp³-hybridized carbons (Fsp3) is 0.167. The van der Waals surface area contributed by atoms with Gasteiger partial charge in [0.1, 0.15) is 10.9 Å². The molecule has 5 aromatic rings. The van der Waals surface area contributed by atoms with Gasteiger partial charge in [-0.05, 0) is 37.6 Å². The summed E-state index contributed by atoms with van der Waals surface area (Å²) in [5.74, 6) is 0.0474. The lowest BCUT2D eigenvalue weighted by atomic mass is 10.0. The van der Waals surface area contributed by atoms with Crippen LogP contribution in [0.3, 0.4) is 0 Å². The van der Waals surface area contributed by atoms with Crippen LogP contribution in [0.2, 0.25) is 5.15 Å². The molecule has 0 radical (unpaired) electrons. The first-order valence-corrected chi connectivity index (χ1v) is 12.0. The minimum absolute atomic E-state index is 0.265. The highest BCUT2D eigenvalue weighted by atomic mass is 35.5. The molecular formula is C24H20ClN7O3S. The third kappa shape index (κ3) is 4.23. The van der Waals surface area contributed by atoms with E-state index >= 15 is 0 Å². The molecule has 0 bridgehead atoms. The number of carbonyl (C=O) groups excluding carboxylic acids is 1.